The summed E-state index contributed by atoms with van der Waals surface area (Å²) in [4.78, 5) is 4.32. The van der Waals surface area contributed by atoms with Crippen LogP contribution in [0.4, 0.5) is 0 Å². The van der Waals surface area contributed by atoms with Gasteiger partial charge in [0.05, 0.1) is 12.1 Å². The molecule has 0 amide bonds. The third-order valence-corrected chi connectivity index (χ3v) is 3.22. The maximum absolute atomic E-state index is 5.70. The van der Waals surface area contributed by atoms with Crippen LogP contribution in [0.5, 0.6) is 0 Å². The van der Waals surface area contributed by atoms with Crippen LogP contribution < -0.4 is 11.3 Å². The van der Waals surface area contributed by atoms with Gasteiger partial charge in [-0.2, -0.15) is 5.10 Å². The van der Waals surface area contributed by atoms with E-state index in [0.717, 1.165) is 18.8 Å². The number of nitrogens with two attached hydrogens (primary N) is 1. The second-order valence-electron chi connectivity index (χ2n) is 5.90. The molecule has 0 bridgehead atoms. The first-order chi connectivity index (χ1) is 8.93. The van der Waals surface area contributed by atoms with Crippen LogP contribution in [-0.4, -0.2) is 34.0 Å². The lowest BCUT2D eigenvalue weighted by atomic mass is 9.83. The molecule has 110 valence electrons. The number of hydrogen-bond acceptors (Lipinski definition) is 5. The van der Waals surface area contributed by atoms with Gasteiger partial charge in [-0.1, -0.05) is 27.7 Å². The molecule has 0 radical (unpaired) electrons. The van der Waals surface area contributed by atoms with E-state index in [-0.39, 0.29) is 17.6 Å². The first kappa shape index (κ1) is 16.1. The van der Waals surface area contributed by atoms with E-state index in [9.17, 15) is 0 Å². The lowest BCUT2D eigenvalue weighted by molar-refractivity contribution is -0.0117. The van der Waals surface area contributed by atoms with Gasteiger partial charge < -0.3 is 4.74 Å². The van der Waals surface area contributed by atoms with Crippen molar-refractivity contribution < 1.29 is 4.74 Å². The lowest BCUT2D eigenvalue weighted by Gasteiger charge is -2.35. The SMILES string of the molecule is CCCn1ncnc1CC(NN)C(OC)C(C)(C)C. The maximum Gasteiger partial charge on any atom is 0.138 e. The van der Waals surface area contributed by atoms with Crippen molar-refractivity contribution in [2.75, 3.05) is 7.11 Å². The molecule has 1 rings (SSSR count). The average molecular weight is 269 g/mol. The normalized spacial score (nSPS) is 15.5. The number of aromatic nitrogens is 3. The molecule has 0 aliphatic carbocycles. The van der Waals surface area contributed by atoms with Gasteiger partial charge in [0.2, 0.25) is 0 Å². The zero-order chi connectivity index (χ0) is 14.5. The number of nitrogens with zero attached hydrogens (tertiary/aromatic N) is 3. The molecule has 0 fully saturated rings. The molecule has 0 saturated carbocycles. The van der Waals surface area contributed by atoms with Gasteiger partial charge in [0.1, 0.15) is 12.2 Å². The second kappa shape index (κ2) is 6.98. The Kier molecular flexibility index (Phi) is 5.90. The highest BCUT2D eigenvalue weighted by molar-refractivity contribution is 4.95. The summed E-state index contributed by atoms with van der Waals surface area (Å²) in [5.74, 6) is 6.64. The molecule has 1 aromatic rings. The maximum atomic E-state index is 5.70. The van der Waals surface area contributed by atoms with E-state index in [4.69, 9.17) is 10.6 Å². The molecule has 1 heterocycles. The number of hydrogen-bond donors (Lipinski definition) is 2. The smallest absolute Gasteiger partial charge is 0.138 e. The number of nitrogens with one attached hydrogen (secondary N) is 1. The van der Waals surface area contributed by atoms with Crippen molar-refractivity contribution in [3.63, 3.8) is 0 Å². The quantitative estimate of drug-likeness (QED) is 0.573. The summed E-state index contributed by atoms with van der Waals surface area (Å²) in [6.07, 6.45) is 3.33. The van der Waals surface area contributed by atoms with E-state index in [1.54, 1.807) is 13.4 Å². The third-order valence-electron chi connectivity index (χ3n) is 3.22. The predicted octanol–water partition coefficient (Wildman–Crippen LogP) is 1.12. The fraction of sp³-hybridized carbons (Fsp3) is 0.846. The molecular formula is C13H27N5O. The Labute approximate surface area is 115 Å². The Morgan fingerprint density at radius 2 is 2.16 bits per heavy atom. The number of aryl methyl sites for hydroxylation is 1. The highest BCUT2D eigenvalue weighted by Crippen LogP contribution is 2.25. The fourth-order valence-electron chi connectivity index (χ4n) is 2.42. The predicted molar refractivity (Wildman–Crippen MR) is 75.4 cm³/mol. The molecule has 0 saturated heterocycles. The Morgan fingerprint density at radius 1 is 1.47 bits per heavy atom. The number of methoxy groups -OCH3 is 1. The Hall–Kier alpha value is -0.980. The monoisotopic (exact) mass is 269 g/mol. The zero-order valence-corrected chi connectivity index (χ0v) is 12.7. The molecule has 6 nitrogen and oxygen atoms in total. The van der Waals surface area contributed by atoms with Gasteiger partial charge in [0, 0.05) is 20.1 Å². The Bertz CT molecular complexity index is 371. The van der Waals surface area contributed by atoms with Crippen molar-refractivity contribution in [2.24, 2.45) is 11.3 Å². The topological polar surface area (TPSA) is 78.0 Å². The Morgan fingerprint density at radius 3 is 2.63 bits per heavy atom. The number of ether oxygens (including phenoxy) is 1. The van der Waals surface area contributed by atoms with Gasteiger partial charge in [-0.15, -0.1) is 0 Å². The summed E-state index contributed by atoms with van der Waals surface area (Å²) in [6.45, 7) is 9.42. The summed E-state index contributed by atoms with van der Waals surface area (Å²) in [7, 11) is 1.72. The summed E-state index contributed by atoms with van der Waals surface area (Å²) < 4.78 is 7.55. The highest BCUT2D eigenvalue weighted by atomic mass is 16.5. The van der Waals surface area contributed by atoms with Crippen LogP contribution in [0.2, 0.25) is 0 Å². The van der Waals surface area contributed by atoms with Gasteiger partial charge in [-0.05, 0) is 11.8 Å². The molecule has 0 aromatic carbocycles. The van der Waals surface area contributed by atoms with E-state index in [2.05, 4.69) is 43.2 Å². The van der Waals surface area contributed by atoms with E-state index in [1.165, 1.54) is 0 Å². The van der Waals surface area contributed by atoms with Crippen LogP contribution in [-0.2, 0) is 17.7 Å². The molecular weight excluding hydrogens is 242 g/mol. The second-order valence-corrected chi connectivity index (χ2v) is 5.90. The molecule has 0 aliphatic rings. The molecule has 3 N–H and O–H groups in total. The van der Waals surface area contributed by atoms with E-state index >= 15 is 0 Å². The van der Waals surface area contributed by atoms with Gasteiger partial charge >= 0.3 is 0 Å². The van der Waals surface area contributed by atoms with E-state index in [1.807, 2.05) is 4.68 Å². The van der Waals surface area contributed by atoms with Crippen LogP contribution in [0.25, 0.3) is 0 Å². The summed E-state index contributed by atoms with van der Waals surface area (Å²) >= 11 is 0. The first-order valence-electron chi connectivity index (χ1n) is 6.79. The zero-order valence-electron chi connectivity index (χ0n) is 12.7. The Balaban J connectivity index is 2.83. The van der Waals surface area contributed by atoms with Crippen molar-refractivity contribution in [1.29, 1.82) is 0 Å². The molecule has 2 unspecified atom stereocenters. The molecule has 0 aliphatic heterocycles. The van der Waals surface area contributed by atoms with Crippen molar-refractivity contribution in [1.82, 2.24) is 20.2 Å². The minimum Gasteiger partial charge on any atom is -0.379 e. The van der Waals surface area contributed by atoms with Crippen molar-refractivity contribution in [3.05, 3.63) is 12.2 Å². The van der Waals surface area contributed by atoms with Gasteiger partial charge in [-0.3, -0.25) is 16.0 Å². The van der Waals surface area contributed by atoms with Crippen molar-refractivity contribution in [2.45, 2.75) is 59.2 Å². The van der Waals surface area contributed by atoms with Gasteiger partial charge in [0.15, 0.2) is 0 Å². The number of rotatable bonds is 7. The van der Waals surface area contributed by atoms with Crippen LogP contribution in [0.15, 0.2) is 6.33 Å². The summed E-state index contributed by atoms with van der Waals surface area (Å²) in [5.41, 5.74) is 2.86. The number of hydrazine groups is 1. The minimum absolute atomic E-state index is 0.00138. The van der Waals surface area contributed by atoms with Crippen LogP contribution in [0, 0.1) is 5.41 Å². The molecule has 1 aromatic heterocycles. The van der Waals surface area contributed by atoms with Crippen LogP contribution in [0.1, 0.15) is 39.9 Å². The van der Waals surface area contributed by atoms with Crippen LogP contribution in [0.3, 0.4) is 0 Å². The summed E-state index contributed by atoms with van der Waals surface area (Å²) in [5, 5.41) is 4.24. The van der Waals surface area contributed by atoms with Crippen LogP contribution >= 0.6 is 0 Å². The molecule has 2 atom stereocenters. The lowest BCUT2D eigenvalue weighted by Crippen LogP contribution is -2.51. The standard InChI is InChI=1S/C13H27N5O/c1-6-7-18-11(15-9-16-18)8-10(17-14)12(19-5)13(2,3)4/h9-10,12,17H,6-8,14H2,1-5H3. The average Bonchev–Trinajstić information content (AvgIpc) is 2.75. The van der Waals surface area contributed by atoms with E-state index in [0.29, 0.717) is 6.42 Å². The molecule has 0 spiro atoms. The first-order valence-corrected chi connectivity index (χ1v) is 6.79. The summed E-state index contributed by atoms with van der Waals surface area (Å²) in [6, 6.07) is 0.00445. The van der Waals surface area contributed by atoms with Crippen molar-refractivity contribution in [3.8, 4) is 0 Å². The van der Waals surface area contributed by atoms with E-state index < -0.39 is 0 Å². The van der Waals surface area contributed by atoms with Gasteiger partial charge in [0.25, 0.3) is 0 Å². The van der Waals surface area contributed by atoms with Gasteiger partial charge in [-0.25, -0.2) is 4.98 Å². The fourth-order valence-corrected chi connectivity index (χ4v) is 2.42. The third kappa shape index (κ3) is 4.26. The molecule has 6 heteroatoms. The molecule has 19 heavy (non-hydrogen) atoms. The van der Waals surface area contributed by atoms with Crippen molar-refractivity contribution >= 4 is 0 Å². The minimum atomic E-state index is 0.00138. The highest BCUT2D eigenvalue weighted by Gasteiger charge is 2.32. The largest absolute Gasteiger partial charge is 0.379 e.